The van der Waals surface area contributed by atoms with Crippen molar-refractivity contribution in [3.63, 3.8) is 0 Å². The van der Waals surface area contributed by atoms with Crippen LogP contribution in [0.4, 0.5) is 0 Å². The lowest BCUT2D eigenvalue weighted by Gasteiger charge is -2.37. The van der Waals surface area contributed by atoms with Gasteiger partial charge in [-0.3, -0.25) is 4.79 Å². The molecule has 118 valence electrons. The van der Waals surface area contributed by atoms with Crippen LogP contribution in [0.2, 0.25) is 5.22 Å². The van der Waals surface area contributed by atoms with E-state index in [1.807, 2.05) is 24.3 Å². The first-order chi connectivity index (χ1) is 10.6. The number of hydrogen-bond donors (Lipinski definition) is 2. The molecule has 1 aliphatic heterocycles. The van der Waals surface area contributed by atoms with Gasteiger partial charge < -0.3 is 19.6 Å². The molecule has 2 aromatic rings. The minimum Gasteiger partial charge on any atom is -0.481 e. The average molecular weight is 324 g/mol. The summed E-state index contributed by atoms with van der Waals surface area (Å²) in [7, 11) is 0. The summed E-state index contributed by atoms with van der Waals surface area (Å²) in [4.78, 5) is 11.2. The molecule has 3 rings (SSSR count). The molecule has 0 spiro atoms. The highest BCUT2D eigenvalue weighted by Gasteiger charge is 2.34. The van der Waals surface area contributed by atoms with Gasteiger partial charge in [-0.1, -0.05) is 18.2 Å². The van der Waals surface area contributed by atoms with Crippen molar-refractivity contribution in [3.8, 4) is 0 Å². The second kappa shape index (κ2) is 6.28. The van der Waals surface area contributed by atoms with E-state index < -0.39 is 11.5 Å². The fraction of sp³-hybridized carbons (Fsp3) is 0.438. The van der Waals surface area contributed by atoms with Crippen LogP contribution in [0.5, 0.6) is 0 Å². The molecule has 0 amide bonds. The number of rotatable bonds is 5. The van der Waals surface area contributed by atoms with E-state index in [2.05, 4.69) is 5.32 Å². The molecule has 0 unspecified atom stereocenters. The first kappa shape index (κ1) is 15.3. The molecular formula is C16H18ClNO4. The summed E-state index contributed by atoms with van der Waals surface area (Å²) in [5.41, 5.74) is 1.16. The van der Waals surface area contributed by atoms with E-state index in [1.54, 1.807) is 0 Å². The van der Waals surface area contributed by atoms with Gasteiger partial charge in [0.05, 0.1) is 6.42 Å². The zero-order valence-electron chi connectivity index (χ0n) is 12.1. The number of hydrogen-bond acceptors (Lipinski definition) is 4. The Hall–Kier alpha value is -1.56. The van der Waals surface area contributed by atoms with Gasteiger partial charge in [-0.2, -0.15) is 0 Å². The van der Waals surface area contributed by atoms with E-state index in [4.69, 9.17) is 20.8 Å². The Morgan fingerprint density at radius 2 is 2.05 bits per heavy atom. The van der Waals surface area contributed by atoms with Crippen LogP contribution in [0.25, 0.3) is 11.0 Å². The van der Waals surface area contributed by atoms with E-state index in [9.17, 15) is 9.90 Å². The van der Waals surface area contributed by atoms with Gasteiger partial charge >= 0.3 is 5.97 Å². The monoisotopic (exact) mass is 323 g/mol. The number of furan rings is 1. The number of carboxylic acid groups (broad SMARTS) is 1. The van der Waals surface area contributed by atoms with Crippen molar-refractivity contribution >= 4 is 28.5 Å². The molecule has 0 radical (unpaired) electrons. The highest BCUT2D eigenvalue weighted by atomic mass is 35.5. The number of nitrogens with one attached hydrogen (secondary N) is 1. The Bertz CT molecular complexity index is 676. The second-order valence-corrected chi connectivity index (χ2v) is 6.01. The number of fused-ring (bicyclic) bond motifs is 1. The Balaban J connectivity index is 1.81. The molecule has 2 heterocycles. The molecular weight excluding hydrogens is 306 g/mol. The van der Waals surface area contributed by atoms with E-state index in [-0.39, 0.29) is 6.42 Å². The van der Waals surface area contributed by atoms with Crippen LogP contribution < -0.4 is 5.32 Å². The van der Waals surface area contributed by atoms with Gasteiger partial charge in [0.25, 0.3) is 0 Å². The number of para-hydroxylation sites is 1. The smallest absolute Gasteiger partial charge is 0.305 e. The maximum absolute atomic E-state index is 11.2. The SMILES string of the molecule is O=C(O)CC1(NCc2c(Cl)oc3ccccc23)CCOCC1. The van der Waals surface area contributed by atoms with E-state index in [0.29, 0.717) is 37.8 Å². The number of ether oxygens (including phenoxy) is 1. The standard InChI is InChI=1S/C16H18ClNO4/c17-15-12(11-3-1-2-4-13(11)22-15)10-18-16(9-14(19)20)5-7-21-8-6-16/h1-4,18H,5-10H2,(H,19,20). The zero-order valence-corrected chi connectivity index (χ0v) is 12.9. The Labute approximate surface area is 133 Å². The predicted octanol–water partition coefficient (Wildman–Crippen LogP) is 3.20. The van der Waals surface area contributed by atoms with Gasteiger partial charge in [0, 0.05) is 36.2 Å². The molecule has 0 saturated carbocycles. The fourth-order valence-electron chi connectivity index (χ4n) is 2.98. The van der Waals surface area contributed by atoms with Crippen molar-refractivity contribution in [2.75, 3.05) is 13.2 Å². The largest absolute Gasteiger partial charge is 0.481 e. The van der Waals surface area contributed by atoms with Crippen LogP contribution >= 0.6 is 11.6 Å². The molecule has 0 atom stereocenters. The van der Waals surface area contributed by atoms with Crippen LogP contribution in [-0.2, 0) is 16.1 Å². The molecule has 0 aliphatic carbocycles. The molecule has 2 N–H and O–H groups in total. The third-order valence-corrected chi connectivity index (χ3v) is 4.53. The van der Waals surface area contributed by atoms with Crippen molar-refractivity contribution in [1.82, 2.24) is 5.32 Å². The molecule has 1 fully saturated rings. The van der Waals surface area contributed by atoms with Crippen LogP contribution in [0.1, 0.15) is 24.8 Å². The number of benzene rings is 1. The summed E-state index contributed by atoms with van der Waals surface area (Å²) in [6.07, 6.45) is 1.42. The molecule has 1 aromatic carbocycles. The van der Waals surface area contributed by atoms with Gasteiger partial charge in [0.15, 0.2) is 5.22 Å². The molecule has 5 nitrogen and oxygen atoms in total. The van der Waals surface area contributed by atoms with Crippen LogP contribution in [-0.4, -0.2) is 29.8 Å². The van der Waals surface area contributed by atoms with Crippen molar-refractivity contribution in [3.05, 3.63) is 35.0 Å². The van der Waals surface area contributed by atoms with E-state index in [1.165, 1.54) is 0 Å². The summed E-state index contributed by atoms with van der Waals surface area (Å²) in [5.74, 6) is -0.808. The van der Waals surface area contributed by atoms with Gasteiger partial charge in [-0.25, -0.2) is 0 Å². The van der Waals surface area contributed by atoms with Gasteiger partial charge in [-0.15, -0.1) is 0 Å². The Morgan fingerprint density at radius 1 is 1.32 bits per heavy atom. The quantitative estimate of drug-likeness (QED) is 0.884. The van der Waals surface area contributed by atoms with E-state index in [0.717, 1.165) is 16.5 Å². The maximum atomic E-state index is 11.2. The van der Waals surface area contributed by atoms with Crippen molar-refractivity contribution in [2.45, 2.75) is 31.3 Å². The van der Waals surface area contributed by atoms with Gasteiger partial charge in [0.2, 0.25) is 0 Å². The molecule has 1 aromatic heterocycles. The first-order valence-electron chi connectivity index (χ1n) is 7.30. The lowest BCUT2D eigenvalue weighted by atomic mass is 9.86. The summed E-state index contributed by atoms with van der Waals surface area (Å²) in [6, 6.07) is 7.64. The topological polar surface area (TPSA) is 71.7 Å². The van der Waals surface area contributed by atoms with Crippen molar-refractivity contribution in [1.29, 1.82) is 0 Å². The molecule has 22 heavy (non-hydrogen) atoms. The number of carboxylic acids is 1. The van der Waals surface area contributed by atoms with Crippen LogP contribution in [0.15, 0.2) is 28.7 Å². The lowest BCUT2D eigenvalue weighted by molar-refractivity contribution is -0.139. The normalized spacial score (nSPS) is 17.7. The zero-order chi connectivity index (χ0) is 15.6. The third-order valence-electron chi connectivity index (χ3n) is 4.23. The first-order valence-corrected chi connectivity index (χ1v) is 7.68. The van der Waals surface area contributed by atoms with E-state index >= 15 is 0 Å². The van der Waals surface area contributed by atoms with Gasteiger partial charge in [0.1, 0.15) is 5.58 Å². The summed E-state index contributed by atoms with van der Waals surface area (Å²) < 4.78 is 10.9. The average Bonchev–Trinajstić information content (AvgIpc) is 2.81. The Morgan fingerprint density at radius 3 is 2.77 bits per heavy atom. The molecule has 6 heteroatoms. The maximum Gasteiger partial charge on any atom is 0.305 e. The summed E-state index contributed by atoms with van der Waals surface area (Å²) >= 11 is 6.19. The highest BCUT2D eigenvalue weighted by molar-refractivity contribution is 6.30. The third kappa shape index (κ3) is 3.11. The van der Waals surface area contributed by atoms with Crippen LogP contribution in [0.3, 0.4) is 0 Å². The van der Waals surface area contributed by atoms with Crippen LogP contribution in [0, 0.1) is 0 Å². The number of carbonyl (C=O) groups is 1. The highest BCUT2D eigenvalue weighted by Crippen LogP contribution is 2.31. The number of aliphatic carboxylic acids is 1. The number of halogens is 1. The molecule has 1 aliphatic rings. The molecule has 1 saturated heterocycles. The van der Waals surface area contributed by atoms with Crippen molar-refractivity contribution in [2.24, 2.45) is 0 Å². The fourth-order valence-corrected chi connectivity index (χ4v) is 3.23. The second-order valence-electron chi connectivity index (χ2n) is 5.67. The van der Waals surface area contributed by atoms with Crippen molar-refractivity contribution < 1.29 is 19.1 Å². The lowest BCUT2D eigenvalue weighted by Crippen LogP contribution is -2.50. The predicted molar refractivity (Wildman–Crippen MR) is 83.1 cm³/mol. The Kier molecular flexibility index (Phi) is 4.38. The minimum atomic E-state index is -0.808. The minimum absolute atomic E-state index is 0.0732. The summed E-state index contributed by atoms with van der Waals surface area (Å²) in [5, 5.41) is 13.9. The summed E-state index contributed by atoms with van der Waals surface area (Å²) in [6.45, 7) is 1.61. The van der Waals surface area contributed by atoms with Gasteiger partial charge in [-0.05, 0) is 30.5 Å². The molecule has 0 bridgehead atoms.